The number of methoxy groups -OCH3 is 1. The van der Waals surface area contributed by atoms with E-state index >= 15 is 0 Å². The van der Waals surface area contributed by atoms with Gasteiger partial charge in [-0.1, -0.05) is 24.3 Å². The van der Waals surface area contributed by atoms with Gasteiger partial charge in [-0.15, -0.1) is 0 Å². The van der Waals surface area contributed by atoms with Crippen LogP contribution in [0.3, 0.4) is 0 Å². The standard InChI is InChI=1S/C27H30N2O6/c1-18-25(28-19(2)34-18)13-14-33-23-11-7-20(8-12-23)16-29(17-26(30)32-3)27(31)35-24-6-4-5-22(15-24)21-9-10-21/h4-8,11-12,15,21H,9-10,13-14,16-17H2,1-3H3. The molecule has 1 aliphatic rings. The first-order valence-corrected chi connectivity index (χ1v) is 11.7. The highest BCUT2D eigenvalue weighted by molar-refractivity contribution is 5.79. The van der Waals surface area contributed by atoms with Crippen LogP contribution in [-0.4, -0.2) is 42.2 Å². The molecule has 1 aliphatic carbocycles. The van der Waals surface area contributed by atoms with E-state index in [1.807, 2.05) is 56.3 Å². The van der Waals surface area contributed by atoms with Crippen LogP contribution in [0.1, 0.15) is 47.2 Å². The molecule has 184 valence electrons. The molecule has 8 heteroatoms. The molecule has 3 aromatic rings. The van der Waals surface area contributed by atoms with Crippen molar-refractivity contribution < 1.29 is 28.2 Å². The van der Waals surface area contributed by atoms with Crippen molar-refractivity contribution in [1.29, 1.82) is 0 Å². The fourth-order valence-electron chi connectivity index (χ4n) is 3.80. The van der Waals surface area contributed by atoms with Crippen molar-refractivity contribution in [3.8, 4) is 11.5 Å². The lowest BCUT2D eigenvalue weighted by molar-refractivity contribution is -0.141. The number of carbonyl (C=O) groups excluding carboxylic acids is 2. The van der Waals surface area contributed by atoms with Gasteiger partial charge in [0, 0.05) is 19.9 Å². The summed E-state index contributed by atoms with van der Waals surface area (Å²) >= 11 is 0. The molecular formula is C27H30N2O6. The number of rotatable bonds is 10. The number of hydrogen-bond donors (Lipinski definition) is 0. The van der Waals surface area contributed by atoms with Gasteiger partial charge in [0.15, 0.2) is 5.89 Å². The Morgan fingerprint density at radius 2 is 1.86 bits per heavy atom. The molecule has 0 spiro atoms. The fourth-order valence-corrected chi connectivity index (χ4v) is 3.80. The van der Waals surface area contributed by atoms with Gasteiger partial charge in [-0.25, -0.2) is 9.78 Å². The summed E-state index contributed by atoms with van der Waals surface area (Å²) < 4.78 is 21.6. The fraction of sp³-hybridized carbons (Fsp3) is 0.370. The van der Waals surface area contributed by atoms with Crippen LogP contribution in [0.15, 0.2) is 52.9 Å². The number of aromatic nitrogens is 1. The van der Waals surface area contributed by atoms with E-state index < -0.39 is 12.1 Å². The van der Waals surface area contributed by atoms with Crippen molar-refractivity contribution in [1.82, 2.24) is 9.88 Å². The van der Waals surface area contributed by atoms with E-state index in [2.05, 4.69) is 4.98 Å². The van der Waals surface area contributed by atoms with Crippen molar-refractivity contribution in [2.45, 2.75) is 45.6 Å². The van der Waals surface area contributed by atoms with E-state index in [1.54, 1.807) is 6.07 Å². The molecule has 0 bridgehead atoms. The summed E-state index contributed by atoms with van der Waals surface area (Å²) in [7, 11) is 1.29. The van der Waals surface area contributed by atoms with Gasteiger partial charge in [-0.2, -0.15) is 0 Å². The van der Waals surface area contributed by atoms with Crippen molar-refractivity contribution in [3.63, 3.8) is 0 Å². The number of oxazole rings is 1. The predicted octanol–water partition coefficient (Wildman–Crippen LogP) is 4.96. The van der Waals surface area contributed by atoms with Crippen molar-refractivity contribution >= 4 is 12.1 Å². The minimum Gasteiger partial charge on any atom is -0.493 e. The number of carbonyl (C=O) groups is 2. The maximum atomic E-state index is 12.9. The van der Waals surface area contributed by atoms with Gasteiger partial charge in [-0.05, 0) is 61.1 Å². The summed E-state index contributed by atoms with van der Waals surface area (Å²) in [5.74, 6) is 2.64. The van der Waals surface area contributed by atoms with E-state index in [0.29, 0.717) is 36.3 Å². The Morgan fingerprint density at radius 1 is 1.09 bits per heavy atom. The van der Waals surface area contributed by atoms with Gasteiger partial charge < -0.3 is 18.6 Å². The number of ether oxygens (including phenoxy) is 3. The smallest absolute Gasteiger partial charge is 0.416 e. The van der Waals surface area contributed by atoms with Gasteiger partial charge in [0.1, 0.15) is 23.8 Å². The van der Waals surface area contributed by atoms with E-state index in [-0.39, 0.29) is 13.1 Å². The third-order valence-electron chi connectivity index (χ3n) is 5.82. The zero-order valence-electron chi connectivity index (χ0n) is 20.3. The molecule has 1 fully saturated rings. The number of benzene rings is 2. The molecular weight excluding hydrogens is 448 g/mol. The monoisotopic (exact) mass is 478 g/mol. The summed E-state index contributed by atoms with van der Waals surface area (Å²) in [5, 5.41) is 0. The Kier molecular flexibility index (Phi) is 7.70. The molecule has 2 aromatic carbocycles. The van der Waals surface area contributed by atoms with Crippen molar-refractivity contribution in [3.05, 3.63) is 77.0 Å². The molecule has 35 heavy (non-hydrogen) atoms. The molecule has 8 nitrogen and oxygen atoms in total. The predicted molar refractivity (Wildman–Crippen MR) is 128 cm³/mol. The first-order valence-electron chi connectivity index (χ1n) is 11.7. The average Bonchev–Trinajstić information content (AvgIpc) is 3.64. The number of hydrogen-bond acceptors (Lipinski definition) is 7. The Labute approximate surface area is 204 Å². The third-order valence-corrected chi connectivity index (χ3v) is 5.82. The van der Waals surface area contributed by atoms with Crippen LogP contribution in [0.5, 0.6) is 11.5 Å². The summed E-state index contributed by atoms with van der Waals surface area (Å²) in [6, 6.07) is 14.9. The van der Waals surface area contributed by atoms with Gasteiger partial charge in [0.2, 0.25) is 0 Å². The Balaban J connectivity index is 1.35. The zero-order chi connectivity index (χ0) is 24.8. The molecule has 0 unspecified atom stereocenters. The molecule has 0 saturated heterocycles. The maximum Gasteiger partial charge on any atom is 0.416 e. The van der Waals surface area contributed by atoms with Gasteiger partial charge in [0.05, 0.1) is 19.4 Å². The van der Waals surface area contributed by atoms with E-state index in [9.17, 15) is 9.59 Å². The number of amides is 1. The Hall–Kier alpha value is -3.81. The van der Waals surface area contributed by atoms with Gasteiger partial charge in [-0.3, -0.25) is 9.69 Å². The van der Waals surface area contributed by atoms with Crippen LogP contribution in [0.4, 0.5) is 4.79 Å². The molecule has 4 rings (SSSR count). The van der Waals surface area contributed by atoms with Crippen LogP contribution in [0, 0.1) is 13.8 Å². The molecule has 0 atom stereocenters. The highest BCUT2D eigenvalue weighted by Crippen LogP contribution is 2.41. The highest BCUT2D eigenvalue weighted by atomic mass is 16.6. The topological polar surface area (TPSA) is 91.1 Å². The summed E-state index contributed by atoms with van der Waals surface area (Å²) in [6.07, 6.45) is 2.35. The number of aryl methyl sites for hydroxylation is 2. The average molecular weight is 479 g/mol. The van der Waals surface area contributed by atoms with Gasteiger partial charge in [0.25, 0.3) is 0 Å². The number of nitrogens with zero attached hydrogens (tertiary/aromatic N) is 2. The maximum absolute atomic E-state index is 12.9. The highest BCUT2D eigenvalue weighted by Gasteiger charge is 2.25. The SMILES string of the molecule is COC(=O)CN(Cc1ccc(OCCc2nc(C)oc2C)cc1)C(=O)Oc1cccc(C2CC2)c1. The Bertz CT molecular complexity index is 1170. The van der Waals surface area contributed by atoms with Crippen LogP contribution in [-0.2, 0) is 22.5 Å². The molecule has 0 aliphatic heterocycles. The lowest BCUT2D eigenvalue weighted by Crippen LogP contribution is -2.37. The van der Waals surface area contributed by atoms with Crippen molar-refractivity contribution in [2.75, 3.05) is 20.3 Å². The van der Waals surface area contributed by atoms with Crippen LogP contribution < -0.4 is 9.47 Å². The minimum atomic E-state index is -0.609. The van der Waals surface area contributed by atoms with Crippen LogP contribution in [0.25, 0.3) is 0 Å². The first-order chi connectivity index (χ1) is 16.9. The van der Waals surface area contributed by atoms with Crippen LogP contribution >= 0.6 is 0 Å². The van der Waals surface area contributed by atoms with E-state index in [4.69, 9.17) is 18.6 Å². The second-order valence-electron chi connectivity index (χ2n) is 8.63. The Morgan fingerprint density at radius 3 is 2.51 bits per heavy atom. The molecule has 1 heterocycles. The molecule has 0 radical (unpaired) electrons. The zero-order valence-corrected chi connectivity index (χ0v) is 20.3. The third kappa shape index (κ3) is 6.85. The normalized spacial score (nSPS) is 12.8. The summed E-state index contributed by atoms with van der Waals surface area (Å²) in [4.78, 5) is 30.5. The minimum absolute atomic E-state index is 0.188. The molecule has 1 aromatic heterocycles. The van der Waals surface area contributed by atoms with Gasteiger partial charge >= 0.3 is 12.1 Å². The van der Waals surface area contributed by atoms with E-state index in [1.165, 1.54) is 17.6 Å². The van der Waals surface area contributed by atoms with Crippen LogP contribution in [0.2, 0.25) is 0 Å². The molecule has 0 N–H and O–H groups in total. The first kappa shape index (κ1) is 24.3. The second-order valence-corrected chi connectivity index (χ2v) is 8.63. The van der Waals surface area contributed by atoms with E-state index in [0.717, 1.165) is 29.9 Å². The lowest BCUT2D eigenvalue weighted by atomic mass is 10.1. The molecule has 1 saturated carbocycles. The second kappa shape index (κ2) is 11.1. The summed E-state index contributed by atoms with van der Waals surface area (Å²) in [5.41, 5.74) is 2.88. The van der Waals surface area contributed by atoms with Crippen molar-refractivity contribution in [2.24, 2.45) is 0 Å². The largest absolute Gasteiger partial charge is 0.493 e. The number of esters is 1. The molecule has 1 amide bonds. The lowest BCUT2D eigenvalue weighted by Gasteiger charge is -2.21. The quantitative estimate of drug-likeness (QED) is 0.380. The summed E-state index contributed by atoms with van der Waals surface area (Å²) in [6.45, 7) is 4.15.